The average Bonchev–Trinajstić information content (AvgIpc) is 2.75. The Kier molecular flexibility index (Phi) is 6.43. The molecule has 3 aromatic carbocycles. The lowest BCUT2D eigenvalue weighted by atomic mass is 10.2. The largest absolute Gasteiger partial charge is 0.496 e. The van der Waals surface area contributed by atoms with E-state index in [0.717, 1.165) is 33.6 Å². The van der Waals surface area contributed by atoms with Gasteiger partial charge in [0.1, 0.15) is 23.0 Å². The first-order chi connectivity index (χ1) is 13.7. The van der Waals surface area contributed by atoms with Crippen molar-refractivity contribution in [2.75, 3.05) is 28.4 Å². The van der Waals surface area contributed by atoms with Crippen molar-refractivity contribution in [2.24, 2.45) is 0 Å². The second-order valence-corrected chi connectivity index (χ2v) is 8.19. The summed E-state index contributed by atoms with van der Waals surface area (Å²) in [6, 6.07) is 20.1. The Morgan fingerprint density at radius 3 is 1.29 bits per heavy atom. The van der Waals surface area contributed by atoms with E-state index in [4.69, 9.17) is 18.9 Å². The van der Waals surface area contributed by atoms with Gasteiger partial charge in [0.25, 0.3) is 0 Å². The summed E-state index contributed by atoms with van der Waals surface area (Å²) in [5, 5.41) is 3.20. The lowest BCUT2D eigenvalue weighted by Crippen LogP contribution is -2.26. The van der Waals surface area contributed by atoms with Crippen LogP contribution in [0.4, 0.5) is 0 Å². The second-order valence-electron chi connectivity index (χ2n) is 6.14. The van der Waals surface area contributed by atoms with Gasteiger partial charge in [0.2, 0.25) is 0 Å². The summed E-state index contributed by atoms with van der Waals surface area (Å²) in [7, 11) is 5.66. The monoisotopic (exact) mass is 396 g/mol. The quantitative estimate of drug-likeness (QED) is 0.570. The van der Waals surface area contributed by atoms with Crippen LogP contribution < -0.4 is 34.9 Å². The van der Waals surface area contributed by atoms with E-state index in [0.29, 0.717) is 0 Å². The summed E-state index contributed by atoms with van der Waals surface area (Å²) >= 11 is 0. The van der Waals surface area contributed by atoms with E-state index < -0.39 is 7.92 Å². The zero-order chi connectivity index (χ0) is 20.1. The topological polar surface area (TPSA) is 36.9 Å². The molecule has 5 heteroatoms. The van der Waals surface area contributed by atoms with Crippen LogP contribution in [0, 0.1) is 6.92 Å². The van der Waals surface area contributed by atoms with Gasteiger partial charge in [-0.1, -0.05) is 36.4 Å². The second kappa shape index (κ2) is 8.99. The van der Waals surface area contributed by atoms with Gasteiger partial charge in [-0.2, -0.15) is 0 Å². The number of hydrogen-bond acceptors (Lipinski definition) is 4. The zero-order valence-electron chi connectivity index (χ0n) is 16.9. The molecule has 0 saturated carbocycles. The third-order valence-corrected chi connectivity index (χ3v) is 7.37. The van der Waals surface area contributed by atoms with Crippen LogP contribution in [0.25, 0.3) is 0 Å². The summed E-state index contributed by atoms with van der Waals surface area (Å²) in [5.41, 5.74) is 1.19. The maximum absolute atomic E-state index is 5.75. The molecule has 0 unspecified atom stereocenters. The fraction of sp³-hybridized carbons (Fsp3) is 0.217. The predicted molar refractivity (Wildman–Crippen MR) is 116 cm³/mol. The molecule has 0 aliphatic rings. The van der Waals surface area contributed by atoms with Gasteiger partial charge in [-0.15, -0.1) is 0 Å². The molecule has 0 aliphatic heterocycles. The molecule has 0 N–H and O–H groups in total. The van der Waals surface area contributed by atoms with Crippen LogP contribution in [0.3, 0.4) is 0 Å². The summed E-state index contributed by atoms with van der Waals surface area (Å²) in [6.07, 6.45) is 0. The Morgan fingerprint density at radius 2 is 0.929 bits per heavy atom. The van der Waals surface area contributed by atoms with Gasteiger partial charge in [-0.05, 0) is 42.1 Å². The van der Waals surface area contributed by atoms with E-state index in [2.05, 4.69) is 25.1 Å². The fourth-order valence-corrected chi connectivity index (χ4v) is 6.18. The molecule has 0 heterocycles. The first-order valence-corrected chi connectivity index (χ1v) is 10.3. The molecular formula is C23H25O4P. The SMILES string of the molecule is COc1cccc(OC)c1P(c1ccccc1C)c1c(OC)cccc1OC. The minimum Gasteiger partial charge on any atom is -0.496 e. The van der Waals surface area contributed by atoms with Crippen LogP contribution in [-0.2, 0) is 0 Å². The minimum atomic E-state index is -1.07. The van der Waals surface area contributed by atoms with E-state index in [1.54, 1.807) is 28.4 Å². The summed E-state index contributed by atoms with van der Waals surface area (Å²) in [4.78, 5) is 0. The molecule has 0 fully saturated rings. The highest BCUT2D eigenvalue weighted by atomic mass is 31.1. The van der Waals surface area contributed by atoms with Crippen LogP contribution in [0.5, 0.6) is 23.0 Å². The van der Waals surface area contributed by atoms with Gasteiger partial charge < -0.3 is 18.9 Å². The Balaban J connectivity index is 2.43. The Morgan fingerprint density at radius 1 is 0.536 bits per heavy atom. The number of rotatable bonds is 7. The van der Waals surface area contributed by atoms with Gasteiger partial charge in [0, 0.05) is 7.92 Å². The van der Waals surface area contributed by atoms with E-state index in [1.807, 2.05) is 42.5 Å². The smallest absolute Gasteiger partial charge is 0.130 e. The van der Waals surface area contributed by atoms with Crippen molar-refractivity contribution in [1.82, 2.24) is 0 Å². The molecule has 0 atom stereocenters. The van der Waals surface area contributed by atoms with Gasteiger partial charge in [-0.3, -0.25) is 0 Å². The van der Waals surface area contributed by atoms with Crippen LogP contribution in [0.15, 0.2) is 60.7 Å². The molecule has 4 nitrogen and oxygen atoms in total. The molecule has 0 amide bonds. The van der Waals surface area contributed by atoms with Crippen molar-refractivity contribution >= 4 is 23.8 Å². The fourth-order valence-electron chi connectivity index (χ4n) is 3.27. The third-order valence-electron chi connectivity index (χ3n) is 4.61. The maximum Gasteiger partial charge on any atom is 0.130 e. The Hall–Kier alpha value is -2.71. The van der Waals surface area contributed by atoms with Crippen molar-refractivity contribution in [3.63, 3.8) is 0 Å². The van der Waals surface area contributed by atoms with Gasteiger partial charge in [-0.25, -0.2) is 0 Å². The van der Waals surface area contributed by atoms with Crippen LogP contribution in [0.1, 0.15) is 5.56 Å². The number of methoxy groups -OCH3 is 4. The third kappa shape index (κ3) is 3.65. The van der Waals surface area contributed by atoms with Crippen molar-refractivity contribution < 1.29 is 18.9 Å². The number of hydrogen-bond donors (Lipinski definition) is 0. The number of ether oxygens (including phenoxy) is 4. The van der Waals surface area contributed by atoms with Crippen LogP contribution in [0.2, 0.25) is 0 Å². The van der Waals surface area contributed by atoms with E-state index in [-0.39, 0.29) is 0 Å². The molecule has 0 aromatic heterocycles. The molecule has 3 aromatic rings. The predicted octanol–water partition coefficient (Wildman–Crippen LogP) is 3.79. The summed E-state index contributed by atoms with van der Waals surface area (Å²) in [6.45, 7) is 2.12. The average molecular weight is 396 g/mol. The van der Waals surface area contributed by atoms with Crippen molar-refractivity contribution in [3.05, 3.63) is 66.2 Å². The van der Waals surface area contributed by atoms with E-state index in [1.165, 1.54) is 10.9 Å². The maximum atomic E-state index is 5.75. The molecule has 0 saturated heterocycles. The molecule has 0 radical (unpaired) electrons. The highest BCUT2D eigenvalue weighted by Gasteiger charge is 2.30. The Labute approximate surface area is 167 Å². The minimum absolute atomic E-state index is 0.779. The first kappa shape index (κ1) is 20.0. The van der Waals surface area contributed by atoms with Crippen molar-refractivity contribution in [3.8, 4) is 23.0 Å². The molecule has 146 valence electrons. The molecule has 0 bridgehead atoms. The summed E-state index contributed by atoms with van der Waals surface area (Å²) in [5.74, 6) is 3.12. The normalized spacial score (nSPS) is 10.6. The molecule has 3 rings (SSSR count). The lowest BCUT2D eigenvalue weighted by molar-refractivity contribution is 0.399. The Bertz CT molecular complexity index is 855. The highest BCUT2D eigenvalue weighted by molar-refractivity contribution is 7.80. The molecule has 28 heavy (non-hydrogen) atoms. The van der Waals surface area contributed by atoms with Gasteiger partial charge in [0.05, 0.1) is 39.0 Å². The van der Waals surface area contributed by atoms with Gasteiger partial charge >= 0.3 is 0 Å². The number of aryl methyl sites for hydroxylation is 1. The van der Waals surface area contributed by atoms with Crippen LogP contribution in [-0.4, -0.2) is 28.4 Å². The molecule has 0 spiro atoms. The lowest BCUT2D eigenvalue weighted by Gasteiger charge is -2.27. The standard InChI is InChI=1S/C23H25O4P/c1-16-10-6-7-15-21(16)28(22-17(24-2)11-8-12-18(22)25-3)23-19(26-4)13-9-14-20(23)27-5/h6-15H,1-5H3. The number of benzene rings is 3. The van der Waals surface area contributed by atoms with E-state index >= 15 is 0 Å². The van der Waals surface area contributed by atoms with Crippen molar-refractivity contribution in [2.45, 2.75) is 6.92 Å². The summed E-state index contributed by atoms with van der Waals surface area (Å²) < 4.78 is 23.0. The van der Waals surface area contributed by atoms with Crippen molar-refractivity contribution in [1.29, 1.82) is 0 Å². The van der Waals surface area contributed by atoms with Gasteiger partial charge in [0.15, 0.2) is 0 Å². The molecular weight excluding hydrogens is 371 g/mol. The van der Waals surface area contributed by atoms with Crippen LogP contribution >= 0.6 is 7.92 Å². The first-order valence-electron chi connectivity index (χ1n) is 8.94. The zero-order valence-corrected chi connectivity index (χ0v) is 17.7. The highest BCUT2D eigenvalue weighted by Crippen LogP contribution is 2.46. The van der Waals surface area contributed by atoms with E-state index in [9.17, 15) is 0 Å². The molecule has 0 aliphatic carbocycles.